The summed E-state index contributed by atoms with van der Waals surface area (Å²) in [6.07, 6.45) is 2.76. The molecule has 7 heteroatoms. The van der Waals surface area contributed by atoms with Crippen molar-refractivity contribution in [3.8, 4) is 5.75 Å². The zero-order valence-corrected chi connectivity index (χ0v) is 15.8. The maximum atomic E-state index is 12.6. The third kappa shape index (κ3) is 4.64. The minimum absolute atomic E-state index is 0.327. The maximum absolute atomic E-state index is 12.6. The lowest BCUT2D eigenvalue weighted by Crippen LogP contribution is -2.26. The summed E-state index contributed by atoms with van der Waals surface area (Å²) in [7, 11) is -1.96. The number of nitrogens with zero attached hydrogens (tertiary/aromatic N) is 1. The van der Waals surface area contributed by atoms with Crippen molar-refractivity contribution in [3.63, 3.8) is 0 Å². The van der Waals surface area contributed by atoms with E-state index in [0.717, 1.165) is 10.6 Å². The predicted octanol–water partition coefficient (Wildman–Crippen LogP) is 3.21. The van der Waals surface area contributed by atoms with Crippen LogP contribution >= 0.6 is 0 Å². The van der Waals surface area contributed by atoms with E-state index in [2.05, 4.69) is 11.9 Å². The highest BCUT2D eigenvalue weighted by atomic mass is 32.2. The number of nitrogens with one attached hydrogen (secondary N) is 1. The van der Waals surface area contributed by atoms with Crippen molar-refractivity contribution in [3.05, 3.63) is 66.2 Å². The summed E-state index contributed by atoms with van der Waals surface area (Å²) >= 11 is 0. The van der Waals surface area contributed by atoms with E-state index < -0.39 is 10.0 Å². The highest BCUT2D eigenvalue weighted by Gasteiger charge is 2.18. The first-order valence-electron chi connectivity index (χ1n) is 7.92. The zero-order valence-electron chi connectivity index (χ0n) is 15.0. The molecule has 0 heterocycles. The van der Waals surface area contributed by atoms with Gasteiger partial charge in [-0.3, -0.25) is 9.10 Å². The fourth-order valence-electron chi connectivity index (χ4n) is 2.41. The molecule has 6 nitrogen and oxygen atoms in total. The summed E-state index contributed by atoms with van der Waals surface area (Å²) in [6.45, 7) is 5.68. The summed E-state index contributed by atoms with van der Waals surface area (Å²) in [5.41, 5.74) is 2.02. The Morgan fingerprint density at radius 3 is 2.62 bits per heavy atom. The van der Waals surface area contributed by atoms with Gasteiger partial charge in [0, 0.05) is 24.4 Å². The first kappa shape index (κ1) is 19.5. The molecule has 0 saturated carbocycles. The molecular formula is C19H22N2O4S. The average molecular weight is 374 g/mol. The maximum Gasteiger partial charge on any atom is 0.256 e. The number of benzene rings is 2. The van der Waals surface area contributed by atoms with Gasteiger partial charge in [0.2, 0.25) is 10.0 Å². The average Bonchev–Trinajstić information content (AvgIpc) is 2.59. The summed E-state index contributed by atoms with van der Waals surface area (Å²) < 4.78 is 30.2. The Balaban J connectivity index is 2.27. The van der Waals surface area contributed by atoms with Gasteiger partial charge in [0.25, 0.3) is 5.91 Å². The quantitative estimate of drug-likeness (QED) is 0.755. The molecule has 2 aromatic rings. The highest BCUT2D eigenvalue weighted by Crippen LogP contribution is 2.25. The number of carbonyl (C=O) groups is 1. The van der Waals surface area contributed by atoms with Crippen LogP contribution in [0, 0.1) is 6.92 Å². The first-order valence-corrected chi connectivity index (χ1v) is 9.77. The number of anilines is 2. The third-order valence-electron chi connectivity index (χ3n) is 3.85. The molecule has 0 aliphatic rings. The van der Waals surface area contributed by atoms with Gasteiger partial charge in [-0.05, 0) is 36.8 Å². The molecule has 0 aromatic heterocycles. The monoisotopic (exact) mass is 374 g/mol. The second kappa shape index (κ2) is 8.05. The van der Waals surface area contributed by atoms with Crippen molar-refractivity contribution in [2.75, 3.05) is 29.5 Å². The minimum atomic E-state index is -3.42. The summed E-state index contributed by atoms with van der Waals surface area (Å²) in [5.74, 6) is 0.289. The van der Waals surface area contributed by atoms with Crippen molar-refractivity contribution in [2.45, 2.75) is 6.92 Å². The number of rotatable bonds is 7. The van der Waals surface area contributed by atoms with E-state index in [1.807, 2.05) is 0 Å². The van der Waals surface area contributed by atoms with Crippen LogP contribution < -0.4 is 14.4 Å². The number of hydrogen-bond donors (Lipinski definition) is 1. The van der Waals surface area contributed by atoms with Gasteiger partial charge in [0.1, 0.15) is 12.4 Å². The van der Waals surface area contributed by atoms with E-state index >= 15 is 0 Å². The molecular weight excluding hydrogens is 352 g/mol. The molecule has 0 fully saturated rings. The Labute approximate surface area is 154 Å². The molecule has 2 aromatic carbocycles. The van der Waals surface area contributed by atoms with Crippen LogP contribution in [0.5, 0.6) is 5.75 Å². The molecule has 0 aliphatic carbocycles. The van der Waals surface area contributed by atoms with Crippen LogP contribution in [0.2, 0.25) is 0 Å². The van der Waals surface area contributed by atoms with Gasteiger partial charge >= 0.3 is 0 Å². The molecule has 0 unspecified atom stereocenters. The van der Waals surface area contributed by atoms with Crippen LogP contribution in [0.25, 0.3) is 0 Å². The van der Waals surface area contributed by atoms with E-state index in [-0.39, 0.29) is 5.91 Å². The lowest BCUT2D eigenvalue weighted by Gasteiger charge is -2.20. The van der Waals surface area contributed by atoms with E-state index in [4.69, 9.17) is 4.74 Å². The van der Waals surface area contributed by atoms with Gasteiger partial charge in [-0.1, -0.05) is 24.8 Å². The molecule has 138 valence electrons. The van der Waals surface area contributed by atoms with Gasteiger partial charge < -0.3 is 10.1 Å². The van der Waals surface area contributed by atoms with E-state index in [1.165, 1.54) is 7.05 Å². The molecule has 26 heavy (non-hydrogen) atoms. The van der Waals surface area contributed by atoms with Crippen molar-refractivity contribution >= 4 is 27.3 Å². The van der Waals surface area contributed by atoms with Crippen molar-refractivity contribution < 1.29 is 17.9 Å². The van der Waals surface area contributed by atoms with Crippen molar-refractivity contribution in [2.24, 2.45) is 0 Å². The molecule has 0 bridgehead atoms. The minimum Gasteiger partial charge on any atom is -0.489 e. The molecule has 2 rings (SSSR count). The number of sulfonamides is 1. The Hall–Kier alpha value is -2.80. The summed E-state index contributed by atoms with van der Waals surface area (Å²) in [6, 6.07) is 12.0. The van der Waals surface area contributed by atoms with E-state index in [1.54, 1.807) is 55.5 Å². The van der Waals surface area contributed by atoms with Crippen LogP contribution in [0.4, 0.5) is 11.4 Å². The van der Waals surface area contributed by atoms with Crippen molar-refractivity contribution in [1.82, 2.24) is 0 Å². The van der Waals surface area contributed by atoms with Gasteiger partial charge in [-0.2, -0.15) is 0 Å². The van der Waals surface area contributed by atoms with Crippen LogP contribution in [-0.4, -0.2) is 34.2 Å². The Bertz CT molecular complexity index is 923. The molecule has 0 saturated heterocycles. The number of amides is 1. The molecule has 1 N–H and O–H groups in total. The van der Waals surface area contributed by atoms with Crippen molar-refractivity contribution in [1.29, 1.82) is 0 Å². The largest absolute Gasteiger partial charge is 0.489 e. The Morgan fingerprint density at radius 1 is 1.27 bits per heavy atom. The van der Waals surface area contributed by atoms with Gasteiger partial charge in [-0.25, -0.2) is 8.42 Å². The standard InChI is InChI=1S/C19H22N2O4S/c1-5-12-25-16-9-6-8-15(13-16)20-19(22)17-10-7-11-18(14(17)2)21(3)26(4,23)24/h5-11,13H,1,12H2,2-4H3,(H,20,22). The molecule has 1 amide bonds. The topological polar surface area (TPSA) is 75.7 Å². The van der Waals surface area contributed by atoms with Crippen LogP contribution in [0.3, 0.4) is 0 Å². The lowest BCUT2D eigenvalue weighted by molar-refractivity contribution is 0.102. The lowest BCUT2D eigenvalue weighted by atomic mass is 10.1. The molecule has 0 spiro atoms. The smallest absolute Gasteiger partial charge is 0.256 e. The predicted molar refractivity (Wildman–Crippen MR) is 105 cm³/mol. The number of carbonyl (C=O) groups excluding carboxylic acids is 1. The van der Waals surface area contributed by atoms with Gasteiger partial charge in [-0.15, -0.1) is 0 Å². The summed E-state index contributed by atoms with van der Waals surface area (Å²) in [5, 5.41) is 2.81. The van der Waals surface area contributed by atoms with Crippen LogP contribution in [0.1, 0.15) is 15.9 Å². The second-order valence-electron chi connectivity index (χ2n) is 5.76. The van der Waals surface area contributed by atoms with E-state index in [9.17, 15) is 13.2 Å². The van der Waals surface area contributed by atoms with Crippen LogP contribution in [-0.2, 0) is 10.0 Å². The molecule has 0 atom stereocenters. The SMILES string of the molecule is C=CCOc1cccc(NC(=O)c2cccc(N(C)S(C)(=O)=O)c2C)c1. The highest BCUT2D eigenvalue weighted by molar-refractivity contribution is 7.92. The van der Waals surface area contributed by atoms with E-state index in [0.29, 0.717) is 34.9 Å². The van der Waals surface area contributed by atoms with Crippen LogP contribution in [0.15, 0.2) is 55.1 Å². The fraction of sp³-hybridized carbons (Fsp3) is 0.211. The normalized spacial score (nSPS) is 10.9. The van der Waals surface area contributed by atoms with Gasteiger partial charge in [0.15, 0.2) is 0 Å². The zero-order chi connectivity index (χ0) is 19.3. The number of ether oxygens (including phenoxy) is 1. The molecule has 0 aliphatic heterocycles. The Morgan fingerprint density at radius 2 is 1.96 bits per heavy atom. The third-order valence-corrected chi connectivity index (χ3v) is 5.04. The summed E-state index contributed by atoms with van der Waals surface area (Å²) in [4.78, 5) is 12.6. The first-order chi connectivity index (χ1) is 12.2. The van der Waals surface area contributed by atoms with Gasteiger partial charge in [0.05, 0.1) is 11.9 Å². The number of hydrogen-bond acceptors (Lipinski definition) is 4. The fourth-order valence-corrected chi connectivity index (χ4v) is 2.96. The molecule has 0 radical (unpaired) electrons. The Kier molecular flexibility index (Phi) is 6.05. The second-order valence-corrected chi connectivity index (χ2v) is 7.78.